The van der Waals surface area contributed by atoms with Crippen LogP contribution in [0.4, 0.5) is 0 Å². The number of aromatic amines is 1. The van der Waals surface area contributed by atoms with E-state index in [-0.39, 0.29) is 0 Å². The fourth-order valence-electron chi connectivity index (χ4n) is 1.46. The van der Waals surface area contributed by atoms with E-state index in [4.69, 9.17) is 5.73 Å². The van der Waals surface area contributed by atoms with Gasteiger partial charge >= 0.3 is 0 Å². The van der Waals surface area contributed by atoms with Crippen molar-refractivity contribution in [2.45, 2.75) is 13.3 Å². The monoisotopic (exact) mass is 205 g/mol. The summed E-state index contributed by atoms with van der Waals surface area (Å²) in [5, 5.41) is 11.5. The van der Waals surface area contributed by atoms with Gasteiger partial charge in [-0.2, -0.15) is 10.2 Å². The lowest BCUT2D eigenvalue weighted by molar-refractivity contribution is 0.742. The molecule has 0 atom stereocenters. The summed E-state index contributed by atoms with van der Waals surface area (Å²) in [5.41, 5.74) is 9.41. The number of nitrogens with one attached hydrogen (secondary N) is 1. The Kier molecular flexibility index (Phi) is 2.55. The number of hydrogen-bond acceptors (Lipinski definition) is 3. The lowest BCUT2D eigenvalue weighted by Gasteiger charge is -1.89. The smallest absolute Gasteiger partial charge is 0.113 e. The van der Waals surface area contributed by atoms with Gasteiger partial charge in [0.2, 0.25) is 0 Å². The Morgan fingerprint density at radius 2 is 2.20 bits per heavy atom. The third kappa shape index (κ3) is 1.92. The molecule has 2 aromatic heterocycles. The van der Waals surface area contributed by atoms with Gasteiger partial charge in [0, 0.05) is 24.9 Å². The molecule has 0 saturated heterocycles. The van der Waals surface area contributed by atoms with Gasteiger partial charge < -0.3 is 5.73 Å². The van der Waals surface area contributed by atoms with E-state index in [0.717, 1.165) is 29.2 Å². The summed E-state index contributed by atoms with van der Waals surface area (Å²) in [4.78, 5) is 0. The highest BCUT2D eigenvalue weighted by Crippen LogP contribution is 2.16. The minimum atomic E-state index is 0.628. The van der Waals surface area contributed by atoms with Crippen LogP contribution in [0.5, 0.6) is 0 Å². The van der Waals surface area contributed by atoms with Crippen molar-refractivity contribution in [2.75, 3.05) is 6.54 Å². The van der Waals surface area contributed by atoms with Crippen LogP contribution >= 0.6 is 0 Å². The van der Waals surface area contributed by atoms with Crippen LogP contribution < -0.4 is 5.73 Å². The largest absolute Gasteiger partial charge is 0.330 e. The van der Waals surface area contributed by atoms with E-state index in [1.165, 1.54) is 0 Å². The Labute approximate surface area is 88.3 Å². The molecule has 5 heteroatoms. The van der Waals surface area contributed by atoms with Gasteiger partial charge in [0.05, 0.1) is 0 Å². The molecule has 0 radical (unpaired) electrons. The number of rotatable bonds is 3. The zero-order chi connectivity index (χ0) is 10.8. The molecule has 3 N–H and O–H groups in total. The normalized spacial score (nSPS) is 10.9. The number of nitrogens with zero attached hydrogens (tertiary/aromatic N) is 3. The first-order valence-corrected chi connectivity index (χ1v) is 4.96. The van der Waals surface area contributed by atoms with Crippen molar-refractivity contribution in [3.05, 3.63) is 23.5 Å². The Morgan fingerprint density at radius 1 is 1.40 bits per heavy atom. The number of aryl methyl sites for hydroxylation is 2. The average Bonchev–Trinajstić information content (AvgIpc) is 2.76. The van der Waals surface area contributed by atoms with Gasteiger partial charge in [0.25, 0.3) is 0 Å². The minimum Gasteiger partial charge on any atom is -0.330 e. The predicted molar refractivity (Wildman–Crippen MR) is 58.3 cm³/mol. The molecule has 2 heterocycles. The molecule has 0 aliphatic rings. The van der Waals surface area contributed by atoms with Crippen LogP contribution in [0.15, 0.2) is 12.1 Å². The molecule has 80 valence electrons. The molecule has 15 heavy (non-hydrogen) atoms. The first-order valence-electron chi connectivity index (χ1n) is 4.96. The number of hydrogen-bond donors (Lipinski definition) is 2. The lowest BCUT2D eigenvalue weighted by Crippen LogP contribution is -2.02. The van der Waals surface area contributed by atoms with Gasteiger partial charge in [-0.25, -0.2) is 0 Å². The summed E-state index contributed by atoms with van der Waals surface area (Å²) in [7, 11) is 1.92. The van der Waals surface area contributed by atoms with Crippen molar-refractivity contribution in [3.63, 3.8) is 0 Å². The average molecular weight is 205 g/mol. The highest BCUT2D eigenvalue weighted by Gasteiger charge is 2.07. The predicted octanol–water partition coefficient (Wildman–Crippen LogP) is 0.620. The number of H-pyrrole nitrogens is 1. The van der Waals surface area contributed by atoms with Crippen LogP contribution in [0.3, 0.4) is 0 Å². The van der Waals surface area contributed by atoms with Gasteiger partial charge in [0.1, 0.15) is 11.4 Å². The molecular formula is C10H15N5. The summed E-state index contributed by atoms with van der Waals surface area (Å²) in [6.45, 7) is 2.65. The first kappa shape index (κ1) is 9.92. The maximum absolute atomic E-state index is 5.47. The fraction of sp³-hybridized carbons (Fsp3) is 0.400. The van der Waals surface area contributed by atoms with Crippen LogP contribution in [0.1, 0.15) is 11.4 Å². The Balaban J connectivity index is 2.28. The molecule has 2 rings (SSSR count). The summed E-state index contributed by atoms with van der Waals surface area (Å²) in [6, 6.07) is 4.01. The third-order valence-corrected chi connectivity index (χ3v) is 2.42. The van der Waals surface area contributed by atoms with E-state index in [1.54, 1.807) is 0 Å². The quantitative estimate of drug-likeness (QED) is 0.771. The van der Waals surface area contributed by atoms with E-state index in [2.05, 4.69) is 15.3 Å². The standard InChI is InChI=1S/C10H15N5/c1-7-5-10(14-15(7)2)9-6-8(3-4-11)12-13-9/h5-6H,3-4,11H2,1-2H3,(H,12,13). The van der Waals surface area contributed by atoms with Crippen LogP contribution in [-0.4, -0.2) is 26.5 Å². The molecule has 0 unspecified atom stereocenters. The van der Waals surface area contributed by atoms with Gasteiger partial charge in [-0.1, -0.05) is 0 Å². The molecule has 0 spiro atoms. The van der Waals surface area contributed by atoms with Gasteiger partial charge in [-0.15, -0.1) is 0 Å². The molecule has 0 amide bonds. The maximum atomic E-state index is 5.47. The molecular weight excluding hydrogens is 190 g/mol. The van der Waals surface area contributed by atoms with Crippen LogP contribution in [-0.2, 0) is 13.5 Å². The Morgan fingerprint density at radius 3 is 2.80 bits per heavy atom. The molecule has 5 nitrogen and oxygen atoms in total. The van der Waals surface area contributed by atoms with Crippen molar-refractivity contribution in [2.24, 2.45) is 12.8 Å². The summed E-state index contributed by atoms with van der Waals surface area (Å²) in [6.07, 6.45) is 0.818. The molecule has 0 aromatic carbocycles. The minimum absolute atomic E-state index is 0.628. The van der Waals surface area contributed by atoms with Crippen LogP contribution in [0.2, 0.25) is 0 Å². The molecule has 0 aliphatic carbocycles. The molecule has 0 saturated carbocycles. The molecule has 2 aromatic rings. The van der Waals surface area contributed by atoms with Crippen molar-refractivity contribution in [3.8, 4) is 11.4 Å². The highest BCUT2D eigenvalue weighted by atomic mass is 15.3. The zero-order valence-corrected chi connectivity index (χ0v) is 8.99. The molecule has 0 fully saturated rings. The van der Waals surface area contributed by atoms with E-state index in [1.807, 2.05) is 30.8 Å². The fourth-order valence-corrected chi connectivity index (χ4v) is 1.46. The second-order valence-electron chi connectivity index (χ2n) is 3.61. The van der Waals surface area contributed by atoms with Crippen LogP contribution in [0.25, 0.3) is 11.4 Å². The second kappa shape index (κ2) is 3.86. The topological polar surface area (TPSA) is 72.5 Å². The van der Waals surface area contributed by atoms with Crippen molar-refractivity contribution < 1.29 is 0 Å². The summed E-state index contributed by atoms with van der Waals surface area (Å²) < 4.78 is 1.84. The second-order valence-corrected chi connectivity index (χ2v) is 3.61. The van der Waals surface area contributed by atoms with E-state index in [9.17, 15) is 0 Å². The van der Waals surface area contributed by atoms with E-state index in [0.29, 0.717) is 6.54 Å². The number of nitrogens with two attached hydrogens (primary N) is 1. The van der Waals surface area contributed by atoms with Crippen molar-refractivity contribution in [1.82, 2.24) is 20.0 Å². The zero-order valence-electron chi connectivity index (χ0n) is 8.99. The van der Waals surface area contributed by atoms with Crippen LogP contribution in [0, 0.1) is 6.92 Å². The lowest BCUT2D eigenvalue weighted by atomic mass is 10.2. The highest BCUT2D eigenvalue weighted by molar-refractivity contribution is 5.54. The summed E-state index contributed by atoms with van der Waals surface area (Å²) >= 11 is 0. The summed E-state index contributed by atoms with van der Waals surface area (Å²) in [5.74, 6) is 0. The maximum Gasteiger partial charge on any atom is 0.113 e. The number of aromatic nitrogens is 4. The van der Waals surface area contributed by atoms with Gasteiger partial charge in [-0.3, -0.25) is 9.78 Å². The Hall–Kier alpha value is -1.62. The molecule has 0 bridgehead atoms. The SMILES string of the molecule is Cc1cc(-c2cc(CCN)[nH]n2)nn1C. The van der Waals surface area contributed by atoms with Crippen molar-refractivity contribution >= 4 is 0 Å². The van der Waals surface area contributed by atoms with Gasteiger partial charge in [0.15, 0.2) is 0 Å². The third-order valence-electron chi connectivity index (χ3n) is 2.42. The molecule has 0 aliphatic heterocycles. The van der Waals surface area contributed by atoms with E-state index < -0.39 is 0 Å². The Bertz CT molecular complexity index is 435. The van der Waals surface area contributed by atoms with Crippen molar-refractivity contribution in [1.29, 1.82) is 0 Å². The van der Waals surface area contributed by atoms with Gasteiger partial charge in [-0.05, 0) is 25.6 Å². The van der Waals surface area contributed by atoms with E-state index >= 15 is 0 Å². The first-order chi connectivity index (χ1) is 7.20.